The second-order valence-electron chi connectivity index (χ2n) is 7.47. The van der Waals surface area contributed by atoms with Crippen LogP contribution in [0.3, 0.4) is 0 Å². The van der Waals surface area contributed by atoms with Crippen LogP contribution in [0.5, 0.6) is 5.75 Å². The number of carbonyl (C=O) groups excluding carboxylic acids is 2. The summed E-state index contributed by atoms with van der Waals surface area (Å²) in [7, 11) is 0. The van der Waals surface area contributed by atoms with Gasteiger partial charge in [0, 0.05) is 5.56 Å². The third kappa shape index (κ3) is 6.13. The van der Waals surface area contributed by atoms with E-state index in [0.29, 0.717) is 28.9 Å². The topological polar surface area (TPSA) is 86.1 Å². The fourth-order valence-corrected chi connectivity index (χ4v) is 4.16. The molecule has 0 radical (unpaired) electrons. The van der Waals surface area contributed by atoms with Crippen LogP contribution in [0.15, 0.2) is 84.0 Å². The molecule has 4 rings (SSSR count). The number of nitrogens with one attached hydrogen (secondary N) is 1. The molecule has 1 aromatic heterocycles. The van der Waals surface area contributed by atoms with Gasteiger partial charge in [0.25, 0.3) is 0 Å². The van der Waals surface area contributed by atoms with E-state index in [2.05, 4.69) is 15.5 Å². The SMILES string of the molecule is CCOc1ccc(-c2nnc(SCC(=O)NC(=O)Cc3ccccc3)n2-c2ccccc2F)cc1. The summed E-state index contributed by atoms with van der Waals surface area (Å²) in [5.41, 5.74) is 1.77. The van der Waals surface area contributed by atoms with Gasteiger partial charge < -0.3 is 4.74 Å². The Kier molecular flexibility index (Phi) is 7.89. The minimum atomic E-state index is -0.471. The minimum absolute atomic E-state index is 0.0869. The molecule has 178 valence electrons. The number of thioether (sulfide) groups is 1. The Morgan fingerprint density at radius 1 is 0.943 bits per heavy atom. The van der Waals surface area contributed by atoms with Crippen molar-refractivity contribution in [3.63, 3.8) is 0 Å². The zero-order chi connectivity index (χ0) is 24.6. The molecule has 3 aromatic carbocycles. The molecular formula is C26H23FN4O3S. The van der Waals surface area contributed by atoms with Crippen LogP contribution in [0.2, 0.25) is 0 Å². The Morgan fingerprint density at radius 2 is 1.66 bits per heavy atom. The van der Waals surface area contributed by atoms with Crippen LogP contribution >= 0.6 is 11.8 Å². The van der Waals surface area contributed by atoms with Gasteiger partial charge in [0.15, 0.2) is 11.0 Å². The summed E-state index contributed by atoms with van der Waals surface area (Å²) in [5.74, 6) is -0.283. The Hall–Kier alpha value is -3.98. The number of ether oxygens (including phenoxy) is 1. The number of aromatic nitrogens is 3. The van der Waals surface area contributed by atoms with Crippen molar-refractivity contribution in [2.24, 2.45) is 0 Å². The number of rotatable bonds is 9. The van der Waals surface area contributed by atoms with Crippen molar-refractivity contribution in [3.05, 3.63) is 90.2 Å². The van der Waals surface area contributed by atoms with Crippen LogP contribution < -0.4 is 10.1 Å². The van der Waals surface area contributed by atoms with E-state index in [1.54, 1.807) is 34.9 Å². The van der Waals surface area contributed by atoms with E-state index < -0.39 is 17.6 Å². The molecule has 7 nitrogen and oxygen atoms in total. The number of imide groups is 1. The second kappa shape index (κ2) is 11.4. The molecule has 0 aliphatic heterocycles. The monoisotopic (exact) mass is 490 g/mol. The molecule has 0 aliphatic rings. The van der Waals surface area contributed by atoms with Crippen LogP contribution in [0.25, 0.3) is 17.1 Å². The molecule has 35 heavy (non-hydrogen) atoms. The Morgan fingerprint density at radius 3 is 2.37 bits per heavy atom. The van der Waals surface area contributed by atoms with Gasteiger partial charge in [-0.25, -0.2) is 4.39 Å². The van der Waals surface area contributed by atoms with E-state index in [4.69, 9.17) is 4.74 Å². The summed E-state index contributed by atoms with van der Waals surface area (Å²) in [6.07, 6.45) is 0.102. The smallest absolute Gasteiger partial charge is 0.237 e. The number of halogens is 1. The highest BCUT2D eigenvalue weighted by atomic mass is 32.2. The number of para-hydroxylation sites is 1. The van der Waals surface area contributed by atoms with Crippen molar-refractivity contribution in [2.45, 2.75) is 18.5 Å². The molecule has 0 bridgehead atoms. The fourth-order valence-electron chi connectivity index (χ4n) is 3.41. The maximum absolute atomic E-state index is 14.7. The van der Waals surface area contributed by atoms with Gasteiger partial charge in [-0.05, 0) is 48.9 Å². The maximum atomic E-state index is 14.7. The summed E-state index contributed by atoms with van der Waals surface area (Å²) in [4.78, 5) is 24.6. The van der Waals surface area contributed by atoms with Crippen LogP contribution in [-0.2, 0) is 16.0 Å². The van der Waals surface area contributed by atoms with Gasteiger partial charge in [0.2, 0.25) is 11.8 Å². The lowest BCUT2D eigenvalue weighted by Crippen LogP contribution is -2.33. The number of nitrogens with zero attached hydrogens (tertiary/aromatic N) is 3. The summed E-state index contributed by atoms with van der Waals surface area (Å²) in [6.45, 7) is 2.44. The largest absolute Gasteiger partial charge is 0.494 e. The molecule has 0 aliphatic carbocycles. The fraction of sp³-hybridized carbons (Fsp3) is 0.154. The molecule has 0 spiro atoms. The van der Waals surface area contributed by atoms with E-state index in [0.717, 1.165) is 17.3 Å². The van der Waals surface area contributed by atoms with Gasteiger partial charge in [-0.1, -0.05) is 54.2 Å². The summed E-state index contributed by atoms with van der Waals surface area (Å²) in [5, 5.41) is 11.2. The highest BCUT2D eigenvalue weighted by Crippen LogP contribution is 2.30. The van der Waals surface area contributed by atoms with Crippen LogP contribution in [0.1, 0.15) is 12.5 Å². The maximum Gasteiger partial charge on any atom is 0.237 e. The van der Waals surface area contributed by atoms with Crippen LogP contribution in [-0.4, -0.2) is 38.9 Å². The first-order valence-electron chi connectivity index (χ1n) is 11.0. The van der Waals surface area contributed by atoms with Gasteiger partial charge in [-0.3, -0.25) is 19.5 Å². The van der Waals surface area contributed by atoms with Crippen molar-refractivity contribution < 1.29 is 18.7 Å². The van der Waals surface area contributed by atoms with Gasteiger partial charge in [-0.15, -0.1) is 10.2 Å². The predicted molar refractivity (Wildman–Crippen MR) is 132 cm³/mol. The van der Waals surface area contributed by atoms with Crippen molar-refractivity contribution in [1.29, 1.82) is 0 Å². The predicted octanol–water partition coefficient (Wildman–Crippen LogP) is 4.45. The van der Waals surface area contributed by atoms with Gasteiger partial charge >= 0.3 is 0 Å². The molecular weight excluding hydrogens is 467 g/mol. The summed E-state index contributed by atoms with van der Waals surface area (Å²) in [6, 6.07) is 22.7. The highest BCUT2D eigenvalue weighted by molar-refractivity contribution is 7.99. The molecule has 0 unspecified atom stereocenters. The van der Waals surface area contributed by atoms with Crippen molar-refractivity contribution in [2.75, 3.05) is 12.4 Å². The highest BCUT2D eigenvalue weighted by Gasteiger charge is 2.20. The molecule has 9 heteroatoms. The normalized spacial score (nSPS) is 10.7. The Bertz CT molecular complexity index is 1310. The first kappa shape index (κ1) is 24.2. The van der Waals surface area contributed by atoms with Gasteiger partial charge in [0.05, 0.1) is 24.5 Å². The van der Waals surface area contributed by atoms with E-state index in [1.165, 1.54) is 6.07 Å². The molecule has 0 atom stereocenters. The number of hydrogen-bond acceptors (Lipinski definition) is 6. The van der Waals surface area contributed by atoms with Gasteiger partial charge in [0.1, 0.15) is 11.6 Å². The molecule has 4 aromatic rings. The molecule has 1 heterocycles. The van der Waals surface area contributed by atoms with E-state index in [-0.39, 0.29) is 17.9 Å². The minimum Gasteiger partial charge on any atom is -0.494 e. The lowest BCUT2D eigenvalue weighted by atomic mass is 10.1. The first-order valence-corrected chi connectivity index (χ1v) is 12.0. The van der Waals surface area contributed by atoms with Crippen LogP contribution in [0.4, 0.5) is 4.39 Å². The van der Waals surface area contributed by atoms with E-state index in [9.17, 15) is 14.0 Å². The Labute approximate surface area is 206 Å². The molecule has 0 fully saturated rings. The first-order chi connectivity index (χ1) is 17.0. The standard InChI is InChI=1S/C26H23FN4O3S/c1-2-34-20-14-12-19(13-15-20)25-29-30-26(31(25)22-11-7-6-10-21(22)27)35-17-24(33)28-23(32)16-18-8-4-3-5-9-18/h3-15H,2,16-17H2,1H3,(H,28,32,33). The lowest BCUT2D eigenvalue weighted by molar-refractivity contribution is -0.128. The summed E-state index contributed by atoms with van der Waals surface area (Å²) < 4.78 is 21.8. The number of carbonyl (C=O) groups is 2. The average molecular weight is 491 g/mol. The number of benzene rings is 3. The quantitative estimate of drug-likeness (QED) is 0.349. The zero-order valence-corrected chi connectivity index (χ0v) is 19.8. The summed E-state index contributed by atoms with van der Waals surface area (Å²) >= 11 is 1.07. The average Bonchev–Trinajstić information content (AvgIpc) is 3.28. The van der Waals surface area contributed by atoms with E-state index >= 15 is 0 Å². The second-order valence-corrected chi connectivity index (χ2v) is 8.42. The lowest BCUT2D eigenvalue weighted by Gasteiger charge is -2.12. The zero-order valence-electron chi connectivity index (χ0n) is 19.0. The van der Waals surface area contributed by atoms with Crippen molar-refractivity contribution in [3.8, 4) is 22.8 Å². The van der Waals surface area contributed by atoms with Crippen molar-refractivity contribution in [1.82, 2.24) is 20.1 Å². The molecule has 0 saturated heterocycles. The molecule has 0 saturated carbocycles. The Balaban J connectivity index is 1.53. The third-order valence-electron chi connectivity index (χ3n) is 4.97. The van der Waals surface area contributed by atoms with Crippen molar-refractivity contribution >= 4 is 23.6 Å². The molecule has 1 N–H and O–H groups in total. The molecule has 2 amide bonds. The van der Waals surface area contributed by atoms with Gasteiger partial charge in [-0.2, -0.15) is 0 Å². The number of amides is 2. The van der Waals surface area contributed by atoms with E-state index in [1.807, 2.05) is 49.4 Å². The van der Waals surface area contributed by atoms with Crippen LogP contribution in [0, 0.1) is 5.82 Å². The third-order valence-corrected chi connectivity index (χ3v) is 5.90. The number of hydrogen-bond donors (Lipinski definition) is 1.